The fourth-order valence-corrected chi connectivity index (χ4v) is 2.37. The van der Waals surface area contributed by atoms with Gasteiger partial charge >= 0.3 is 11.7 Å². The molecular formula is C18H16N2O5. The predicted molar refractivity (Wildman–Crippen MR) is 91.3 cm³/mol. The molecule has 7 heteroatoms. The van der Waals surface area contributed by atoms with Gasteiger partial charge in [-0.2, -0.15) is 0 Å². The molecule has 0 aliphatic rings. The second-order valence-electron chi connectivity index (χ2n) is 5.37. The molecule has 0 aliphatic heterocycles. The van der Waals surface area contributed by atoms with E-state index in [1.165, 1.54) is 9.47 Å². The average molecular weight is 340 g/mol. The minimum absolute atomic E-state index is 0.321. The summed E-state index contributed by atoms with van der Waals surface area (Å²) in [5, 5.41) is 0. The Morgan fingerprint density at radius 3 is 2.52 bits per heavy atom. The monoisotopic (exact) mass is 340 g/mol. The van der Waals surface area contributed by atoms with E-state index in [0.717, 1.165) is 0 Å². The van der Waals surface area contributed by atoms with Crippen molar-refractivity contribution in [2.24, 2.45) is 0 Å². The van der Waals surface area contributed by atoms with E-state index in [1.54, 1.807) is 43.4 Å². The second-order valence-corrected chi connectivity index (χ2v) is 5.37. The van der Waals surface area contributed by atoms with Crippen molar-refractivity contribution in [1.82, 2.24) is 4.57 Å². The van der Waals surface area contributed by atoms with Gasteiger partial charge in [-0.05, 0) is 24.3 Å². The lowest BCUT2D eigenvalue weighted by Gasteiger charge is -2.17. The van der Waals surface area contributed by atoms with Gasteiger partial charge in [0.05, 0.1) is 5.52 Å². The van der Waals surface area contributed by atoms with E-state index in [-0.39, 0.29) is 12.5 Å². The molecule has 7 nitrogen and oxygen atoms in total. The van der Waals surface area contributed by atoms with Crippen LogP contribution < -0.4 is 10.7 Å². The Labute approximate surface area is 143 Å². The number of hydrogen-bond donors (Lipinski definition) is 0. The van der Waals surface area contributed by atoms with Crippen molar-refractivity contribution in [3.8, 4) is 0 Å². The number of esters is 1. The average Bonchev–Trinajstić information content (AvgIpc) is 2.95. The molecule has 0 aliphatic carbocycles. The van der Waals surface area contributed by atoms with Crippen LogP contribution in [0.5, 0.6) is 0 Å². The van der Waals surface area contributed by atoms with Gasteiger partial charge in [-0.25, -0.2) is 4.79 Å². The Balaban J connectivity index is 1.62. The van der Waals surface area contributed by atoms with Crippen molar-refractivity contribution in [1.29, 1.82) is 0 Å². The Hall–Kier alpha value is -3.35. The zero-order chi connectivity index (χ0) is 17.8. The maximum absolute atomic E-state index is 12.1. The molecular weight excluding hydrogens is 324 g/mol. The van der Waals surface area contributed by atoms with Crippen molar-refractivity contribution >= 4 is 28.7 Å². The van der Waals surface area contributed by atoms with Crippen LogP contribution in [0.25, 0.3) is 11.1 Å². The zero-order valence-corrected chi connectivity index (χ0v) is 13.5. The van der Waals surface area contributed by atoms with Gasteiger partial charge in [0.1, 0.15) is 6.54 Å². The Bertz CT molecular complexity index is 958. The second kappa shape index (κ2) is 7.04. The number of amides is 1. The van der Waals surface area contributed by atoms with Crippen molar-refractivity contribution in [3.05, 3.63) is 65.1 Å². The number of fused-ring (bicyclic) bond motifs is 1. The molecule has 25 heavy (non-hydrogen) atoms. The van der Waals surface area contributed by atoms with E-state index in [1.807, 2.05) is 18.2 Å². The van der Waals surface area contributed by atoms with Gasteiger partial charge in [-0.3, -0.25) is 14.2 Å². The van der Waals surface area contributed by atoms with Crippen LogP contribution >= 0.6 is 0 Å². The van der Waals surface area contributed by atoms with Gasteiger partial charge in [-0.15, -0.1) is 0 Å². The molecule has 1 heterocycles. The summed E-state index contributed by atoms with van der Waals surface area (Å²) in [6, 6.07) is 15.8. The molecule has 128 valence electrons. The Kier molecular flexibility index (Phi) is 4.65. The Morgan fingerprint density at radius 2 is 1.76 bits per heavy atom. The van der Waals surface area contributed by atoms with Crippen molar-refractivity contribution in [2.75, 3.05) is 18.6 Å². The van der Waals surface area contributed by atoms with Crippen LogP contribution in [0.15, 0.2) is 63.8 Å². The number of ether oxygens (including phenoxy) is 1. The van der Waals surface area contributed by atoms with Gasteiger partial charge < -0.3 is 14.1 Å². The van der Waals surface area contributed by atoms with E-state index in [4.69, 9.17) is 9.15 Å². The summed E-state index contributed by atoms with van der Waals surface area (Å²) in [6.45, 7) is -0.729. The lowest BCUT2D eigenvalue weighted by molar-refractivity contribution is -0.148. The van der Waals surface area contributed by atoms with Crippen LogP contribution in [0.3, 0.4) is 0 Å². The highest BCUT2D eigenvalue weighted by atomic mass is 16.5. The van der Waals surface area contributed by atoms with Crippen LogP contribution in [0.2, 0.25) is 0 Å². The molecule has 0 spiro atoms. The molecule has 3 aromatic rings. The van der Waals surface area contributed by atoms with Crippen molar-refractivity contribution in [2.45, 2.75) is 6.54 Å². The summed E-state index contributed by atoms with van der Waals surface area (Å²) in [5.41, 5.74) is 1.58. The fraction of sp³-hybridized carbons (Fsp3) is 0.167. The standard InChI is InChI=1S/C18H16N2O5/c1-19(13-7-3-2-4-8-13)16(21)12-24-17(22)11-20-14-9-5-6-10-15(14)25-18(20)23/h2-10H,11-12H2,1H3. The minimum Gasteiger partial charge on any atom is -0.454 e. The summed E-state index contributed by atoms with van der Waals surface area (Å²) in [4.78, 5) is 37.3. The van der Waals surface area contributed by atoms with Crippen molar-refractivity contribution < 1.29 is 18.7 Å². The third-order valence-electron chi connectivity index (χ3n) is 3.74. The highest BCUT2D eigenvalue weighted by Gasteiger charge is 2.16. The van der Waals surface area contributed by atoms with Gasteiger partial charge in [0.25, 0.3) is 5.91 Å². The SMILES string of the molecule is CN(C(=O)COC(=O)Cn1c(=O)oc2ccccc21)c1ccccc1. The molecule has 0 radical (unpaired) electrons. The van der Waals surface area contributed by atoms with Crippen LogP contribution in [-0.2, 0) is 20.9 Å². The van der Waals surface area contributed by atoms with E-state index in [9.17, 15) is 14.4 Å². The number of oxazole rings is 1. The first-order valence-electron chi connectivity index (χ1n) is 7.62. The van der Waals surface area contributed by atoms with Gasteiger partial charge in [0.2, 0.25) is 0 Å². The topological polar surface area (TPSA) is 81.8 Å². The predicted octanol–water partition coefficient (Wildman–Crippen LogP) is 1.80. The molecule has 1 amide bonds. The maximum Gasteiger partial charge on any atom is 0.420 e. The number of nitrogens with zero attached hydrogens (tertiary/aromatic N) is 2. The van der Waals surface area contributed by atoms with E-state index in [0.29, 0.717) is 16.8 Å². The number of carbonyl (C=O) groups is 2. The van der Waals surface area contributed by atoms with E-state index >= 15 is 0 Å². The number of likely N-dealkylation sites (N-methyl/N-ethyl adjacent to an activating group) is 1. The lowest BCUT2D eigenvalue weighted by atomic mass is 10.3. The molecule has 0 saturated heterocycles. The molecule has 1 aromatic heterocycles. The number of benzene rings is 2. The normalized spacial score (nSPS) is 10.6. The van der Waals surface area contributed by atoms with Crippen LogP contribution in [-0.4, -0.2) is 30.1 Å². The first kappa shape index (κ1) is 16.5. The minimum atomic E-state index is -0.691. The number of hydrogen-bond acceptors (Lipinski definition) is 5. The smallest absolute Gasteiger partial charge is 0.420 e. The van der Waals surface area contributed by atoms with Crippen LogP contribution in [0.4, 0.5) is 5.69 Å². The quantitative estimate of drug-likeness (QED) is 0.662. The third kappa shape index (κ3) is 3.60. The maximum atomic E-state index is 12.1. The third-order valence-corrected chi connectivity index (χ3v) is 3.74. The van der Waals surface area contributed by atoms with Crippen LogP contribution in [0, 0.1) is 0 Å². The number of aromatic nitrogens is 1. The fourth-order valence-electron chi connectivity index (χ4n) is 2.37. The van der Waals surface area contributed by atoms with Gasteiger partial charge in [0.15, 0.2) is 12.2 Å². The first-order chi connectivity index (χ1) is 12.1. The molecule has 2 aromatic carbocycles. The van der Waals surface area contributed by atoms with Gasteiger partial charge in [0, 0.05) is 12.7 Å². The highest BCUT2D eigenvalue weighted by Crippen LogP contribution is 2.12. The number of anilines is 1. The number of rotatable bonds is 5. The summed E-state index contributed by atoms with van der Waals surface area (Å²) in [5.74, 6) is -1.71. The summed E-state index contributed by atoms with van der Waals surface area (Å²) < 4.78 is 11.2. The zero-order valence-electron chi connectivity index (χ0n) is 13.5. The molecule has 0 saturated carbocycles. The van der Waals surface area contributed by atoms with Crippen molar-refractivity contribution in [3.63, 3.8) is 0 Å². The summed E-state index contributed by atoms with van der Waals surface area (Å²) in [6.07, 6.45) is 0. The number of carbonyl (C=O) groups excluding carboxylic acids is 2. The largest absolute Gasteiger partial charge is 0.454 e. The lowest BCUT2D eigenvalue weighted by Crippen LogP contribution is -2.32. The molecule has 0 atom stereocenters. The first-order valence-corrected chi connectivity index (χ1v) is 7.62. The number of para-hydroxylation sites is 3. The van der Waals surface area contributed by atoms with Crippen LogP contribution in [0.1, 0.15) is 0 Å². The molecule has 3 rings (SSSR count). The summed E-state index contributed by atoms with van der Waals surface area (Å²) >= 11 is 0. The van der Waals surface area contributed by atoms with E-state index in [2.05, 4.69) is 0 Å². The molecule has 0 bridgehead atoms. The summed E-state index contributed by atoms with van der Waals surface area (Å²) in [7, 11) is 1.60. The molecule has 0 unspecified atom stereocenters. The van der Waals surface area contributed by atoms with Gasteiger partial charge in [-0.1, -0.05) is 30.3 Å². The molecule has 0 fully saturated rings. The van der Waals surface area contributed by atoms with E-state index < -0.39 is 18.3 Å². The highest BCUT2D eigenvalue weighted by molar-refractivity contribution is 5.94. The Morgan fingerprint density at radius 1 is 1.08 bits per heavy atom. The molecule has 0 N–H and O–H groups in total.